The number of hydrogen-bond acceptors (Lipinski definition) is 6. The highest BCUT2D eigenvalue weighted by atomic mass is 32.2. The lowest BCUT2D eigenvalue weighted by Gasteiger charge is -2.21. The topological polar surface area (TPSA) is 87.6 Å². The van der Waals surface area contributed by atoms with E-state index < -0.39 is 15.8 Å². The molecule has 0 spiro atoms. The Morgan fingerprint density at radius 3 is 2.74 bits per heavy atom. The van der Waals surface area contributed by atoms with Gasteiger partial charge in [-0.3, -0.25) is 4.79 Å². The minimum absolute atomic E-state index is 0.0728. The van der Waals surface area contributed by atoms with E-state index in [0.717, 1.165) is 21.8 Å². The zero-order valence-corrected chi connectivity index (χ0v) is 16.4. The van der Waals surface area contributed by atoms with E-state index in [1.165, 1.54) is 4.90 Å². The first-order valence-corrected chi connectivity index (χ1v) is 11.3. The van der Waals surface area contributed by atoms with Gasteiger partial charge in [-0.1, -0.05) is 30.0 Å². The molecule has 1 amide bonds. The summed E-state index contributed by atoms with van der Waals surface area (Å²) in [6.45, 7) is 1.82. The number of amides is 1. The number of carbonyl (C=O) groups is 1. The summed E-state index contributed by atoms with van der Waals surface area (Å²) in [6, 6.07) is 14.1. The summed E-state index contributed by atoms with van der Waals surface area (Å²) < 4.78 is 23.0. The van der Waals surface area contributed by atoms with Gasteiger partial charge in [0.1, 0.15) is 0 Å². The molecule has 0 aromatic heterocycles. The van der Waals surface area contributed by atoms with Crippen LogP contribution in [0.1, 0.15) is 18.9 Å². The summed E-state index contributed by atoms with van der Waals surface area (Å²) in [5.41, 5.74) is 6.14. The van der Waals surface area contributed by atoms with Crippen molar-refractivity contribution >= 4 is 44.6 Å². The van der Waals surface area contributed by atoms with Gasteiger partial charge in [-0.15, -0.1) is 0 Å². The molecule has 0 saturated carbocycles. The van der Waals surface area contributed by atoms with Crippen LogP contribution in [0, 0.1) is 5.92 Å². The molecule has 8 heteroatoms. The van der Waals surface area contributed by atoms with Crippen LogP contribution in [0.25, 0.3) is 0 Å². The molecule has 1 saturated heterocycles. The number of para-hydroxylation sites is 1. The van der Waals surface area contributed by atoms with Crippen molar-refractivity contribution in [2.24, 2.45) is 11.0 Å². The number of fused-ring (bicyclic) bond motifs is 2. The van der Waals surface area contributed by atoms with Crippen LogP contribution in [0.3, 0.4) is 0 Å². The largest absolute Gasteiger partial charge is 0.354 e. The fourth-order valence-corrected chi connectivity index (χ4v) is 5.87. The fourth-order valence-electron chi connectivity index (χ4n) is 3.16. The summed E-state index contributed by atoms with van der Waals surface area (Å²) in [7, 11) is -3.09. The first-order valence-electron chi connectivity index (χ1n) is 8.64. The average Bonchev–Trinajstić information content (AvgIpc) is 3.03. The second-order valence-corrected chi connectivity index (χ2v) is 10.0. The van der Waals surface area contributed by atoms with Crippen molar-refractivity contribution in [1.29, 1.82) is 0 Å². The summed E-state index contributed by atoms with van der Waals surface area (Å²) >= 11 is 1.71. The molecule has 0 radical (unpaired) electrons. The average molecular weight is 402 g/mol. The first-order chi connectivity index (χ1) is 12.9. The predicted octanol–water partition coefficient (Wildman–Crippen LogP) is 3.17. The van der Waals surface area contributed by atoms with Crippen molar-refractivity contribution in [2.75, 3.05) is 16.8 Å². The SMILES string of the molecule is C/C(=N/NC(=O)[C@@H]1CCS(=O)(=O)C1)c1ccc2c(c1)Nc1ccccc1S2. The third-order valence-corrected chi connectivity index (χ3v) is 7.63. The van der Waals surface area contributed by atoms with E-state index in [1.807, 2.05) is 43.3 Å². The van der Waals surface area contributed by atoms with Crippen LogP contribution in [-0.4, -0.2) is 31.5 Å². The number of nitrogens with zero attached hydrogens (tertiary/aromatic N) is 1. The Balaban J connectivity index is 1.48. The maximum Gasteiger partial charge on any atom is 0.244 e. The molecule has 1 atom stereocenters. The number of hydrazone groups is 1. The molecule has 1 fully saturated rings. The first kappa shape index (κ1) is 18.1. The molecular weight excluding hydrogens is 382 g/mol. The number of benzene rings is 2. The van der Waals surface area contributed by atoms with Gasteiger partial charge in [0.15, 0.2) is 9.84 Å². The van der Waals surface area contributed by atoms with E-state index in [-0.39, 0.29) is 17.4 Å². The molecule has 4 rings (SSSR count). The lowest BCUT2D eigenvalue weighted by atomic mass is 10.1. The Hall–Kier alpha value is -2.32. The maximum atomic E-state index is 12.1. The minimum atomic E-state index is -3.09. The van der Waals surface area contributed by atoms with Crippen LogP contribution in [0.15, 0.2) is 57.4 Å². The Morgan fingerprint density at radius 1 is 1.19 bits per heavy atom. The summed E-state index contributed by atoms with van der Waals surface area (Å²) in [5.74, 6) is -0.864. The maximum absolute atomic E-state index is 12.1. The number of sulfone groups is 1. The molecular formula is C19H19N3O3S2. The van der Waals surface area contributed by atoms with E-state index in [2.05, 4.69) is 21.9 Å². The zero-order valence-electron chi connectivity index (χ0n) is 14.7. The Morgan fingerprint density at radius 2 is 1.96 bits per heavy atom. The van der Waals surface area contributed by atoms with E-state index in [4.69, 9.17) is 0 Å². The van der Waals surface area contributed by atoms with Crippen molar-refractivity contribution in [3.05, 3.63) is 48.0 Å². The molecule has 0 unspecified atom stereocenters. The molecule has 2 aliphatic heterocycles. The number of hydrogen-bond donors (Lipinski definition) is 2. The van der Waals surface area contributed by atoms with Crippen LogP contribution in [0.4, 0.5) is 11.4 Å². The minimum Gasteiger partial charge on any atom is -0.354 e. The predicted molar refractivity (Wildman–Crippen MR) is 107 cm³/mol. The fraction of sp³-hybridized carbons (Fsp3) is 0.263. The second-order valence-electron chi connectivity index (χ2n) is 6.71. The monoisotopic (exact) mass is 401 g/mol. The van der Waals surface area contributed by atoms with Crippen molar-refractivity contribution in [2.45, 2.75) is 23.1 Å². The number of anilines is 2. The third-order valence-electron chi connectivity index (χ3n) is 4.71. The lowest BCUT2D eigenvalue weighted by Crippen LogP contribution is -2.28. The molecule has 2 N–H and O–H groups in total. The molecule has 6 nitrogen and oxygen atoms in total. The Labute approximate surface area is 162 Å². The number of nitrogens with one attached hydrogen (secondary N) is 2. The van der Waals surface area contributed by atoms with E-state index in [0.29, 0.717) is 12.1 Å². The molecule has 0 bridgehead atoms. The number of rotatable bonds is 3. The van der Waals surface area contributed by atoms with Crippen LogP contribution in [0.2, 0.25) is 0 Å². The quantitative estimate of drug-likeness (QED) is 0.520. The zero-order chi connectivity index (χ0) is 19.0. The van der Waals surface area contributed by atoms with Crippen LogP contribution in [0.5, 0.6) is 0 Å². The van der Waals surface area contributed by atoms with Gasteiger partial charge in [0.25, 0.3) is 0 Å². The van der Waals surface area contributed by atoms with Gasteiger partial charge < -0.3 is 5.32 Å². The number of carbonyl (C=O) groups excluding carboxylic acids is 1. The molecule has 27 heavy (non-hydrogen) atoms. The molecule has 2 aromatic carbocycles. The van der Waals surface area contributed by atoms with Crippen molar-refractivity contribution in [3.63, 3.8) is 0 Å². The van der Waals surface area contributed by atoms with Gasteiger partial charge in [-0.25, -0.2) is 13.8 Å². The molecule has 140 valence electrons. The van der Waals surface area contributed by atoms with E-state index in [1.54, 1.807) is 11.8 Å². The van der Waals surface area contributed by atoms with Gasteiger partial charge in [-0.2, -0.15) is 5.10 Å². The van der Waals surface area contributed by atoms with Gasteiger partial charge in [0.05, 0.1) is 34.5 Å². The second kappa shape index (κ2) is 7.01. The van der Waals surface area contributed by atoms with Gasteiger partial charge >= 0.3 is 0 Å². The van der Waals surface area contributed by atoms with Crippen LogP contribution in [-0.2, 0) is 14.6 Å². The highest BCUT2D eigenvalue weighted by Crippen LogP contribution is 2.44. The molecule has 2 aliphatic rings. The summed E-state index contributed by atoms with van der Waals surface area (Å²) in [4.78, 5) is 14.5. The van der Waals surface area contributed by atoms with Gasteiger partial charge in [-0.05, 0) is 43.2 Å². The summed E-state index contributed by atoms with van der Waals surface area (Å²) in [5, 5.41) is 7.59. The Bertz CT molecular complexity index is 1050. The molecule has 2 heterocycles. The van der Waals surface area contributed by atoms with E-state index in [9.17, 15) is 13.2 Å². The highest BCUT2D eigenvalue weighted by molar-refractivity contribution is 7.99. The van der Waals surface area contributed by atoms with Crippen LogP contribution < -0.4 is 10.7 Å². The highest BCUT2D eigenvalue weighted by Gasteiger charge is 2.32. The van der Waals surface area contributed by atoms with Gasteiger partial charge in [0.2, 0.25) is 5.91 Å². The van der Waals surface area contributed by atoms with Crippen molar-refractivity contribution < 1.29 is 13.2 Å². The van der Waals surface area contributed by atoms with Crippen LogP contribution >= 0.6 is 11.8 Å². The molecule has 0 aliphatic carbocycles. The normalized spacial score (nSPS) is 20.3. The van der Waals surface area contributed by atoms with Crippen molar-refractivity contribution in [3.8, 4) is 0 Å². The smallest absolute Gasteiger partial charge is 0.244 e. The van der Waals surface area contributed by atoms with Crippen molar-refractivity contribution in [1.82, 2.24) is 5.43 Å². The lowest BCUT2D eigenvalue weighted by molar-refractivity contribution is -0.124. The summed E-state index contributed by atoms with van der Waals surface area (Å²) in [6.07, 6.45) is 0.363. The molecule has 2 aromatic rings. The van der Waals surface area contributed by atoms with Gasteiger partial charge in [0, 0.05) is 9.79 Å². The Kier molecular flexibility index (Phi) is 4.69. The third kappa shape index (κ3) is 3.86. The van der Waals surface area contributed by atoms with E-state index >= 15 is 0 Å². The standard InChI is InChI=1S/C19H19N3O3S2/c1-12(21-22-19(23)14-8-9-27(24,25)11-14)13-6-7-18-16(10-13)20-15-4-2-3-5-17(15)26-18/h2-7,10,14,20H,8-9,11H2,1H3,(H,22,23)/b21-12-/t14-/m1/s1.